The summed E-state index contributed by atoms with van der Waals surface area (Å²) in [4.78, 5) is 16.5. The molecule has 1 aromatic rings. The predicted molar refractivity (Wildman–Crippen MR) is 57.3 cm³/mol. The summed E-state index contributed by atoms with van der Waals surface area (Å²) in [6.07, 6.45) is 0. The van der Waals surface area contributed by atoms with Gasteiger partial charge in [0.2, 0.25) is 5.91 Å². The maximum atomic E-state index is 12.7. The van der Waals surface area contributed by atoms with Crippen LogP contribution in [0.2, 0.25) is 0 Å². The summed E-state index contributed by atoms with van der Waals surface area (Å²) in [5.74, 6) is -0.0507. The Balaban J connectivity index is 3.10. The average Bonchev–Trinajstić information content (AvgIpc) is 2.15. The Labute approximate surface area is 88.2 Å². The van der Waals surface area contributed by atoms with E-state index in [1.54, 1.807) is 31.1 Å². The van der Waals surface area contributed by atoms with Crippen LogP contribution in [0.15, 0.2) is 29.3 Å². The van der Waals surface area contributed by atoms with Gasteiger partial charge in [0.05, 0.1) is 0 Å². The number of carbonyl (C=O) groups excluding carboxylic acids is 1. The molecule has 0 aliphatic heterocycles. The lowest BCUT2D eigenvalue weighted by Crippen LogP contribution is -2.24. The van der Waals surface area contributed by atoms with Crippen molar-refractivity contribution in [1.82, 2.24) is 4.90 Å². The molecule has 1 aromatic carbocycles. The third kappa shape index (κ3) is 3.16. The molecule has 0 aliphatic rings. The van der Waals surface area contributed by atoms with Crippen LogP contribution in [0.4, 0.5) is 4.39 Å². The fourth-order valence-electron chi connectivity index (χ4n) is 1.17. The molecule has 0 bridgehead atoms. The zero-order chi connectivity index (χ0) is 11.4. The first-order valence-electron chi connectivity index (χ1n) is 4.53. The topological polar surface area (TPSA) is 32.7 Å². The first-order chi connectivity index (χ1) is 7.00. The summed E-state index contributed by atoms with van der Waals surface area (Å²) >= 11 is 0. The molecule has 1 amide bonds. The minimum Gasteiger partial charge on any atom is -0.362 e. The van der Waals surface area contributed by atoms with Gasteiger partial charge in [0.25, 0.3) is 0 Å². The van der Waals surface area contributed by atoms with E-state index >= 15 is 0 Å². The van der Waals surface area contributed by atoms with Gasteiger partial charge in [-0.05, 0) is 24.3 Å². The maximum Gasteiger partial charge on any atom is 0.244 e. The quantitative estimate of drug-likeness (QED) is 0.519. The summed E-state index contributed by atoms with van der Waals surface area (Å²) in [6, 6.07) is 5.87. The SMILES string of the molecule is CC(=O)N=C(c1ccc(F)cc1)N(C)C. The first kappa shape index (κ1) is 11.4. The minimum atomic E-state index is -0.306. The normalized spacial score (nSPS) is 11.3. The Hall–Kier alpha value is -1.71. The largest absolute Gasteiger partial charge is 0.362 e. The van der Waals surface area contributed by atoms with Crippen molar-refractivity contribution in [2.75, 3.05) is 14.1 Å². The number of amidine groups is 1. The number of carbonyl (C=O) groups is 1. The van der Waals surface area contributed by atoms with Gasteiger partial charge in [0.15, 0.2) is 0 Å². The molecular formula is C11H13FN2O. The lowest BCUT2D eigenvalue weighted by molar-refractivity contribution is -0.115. The monoisotopic (exact) mass is 208 g/mol. The van der Waals surface area contributed by atoms with Crippen LogP contribution in [0.3, 0.4) is 0 Å². The van der Waals surface area contributed by atoms with Crippen LogP contribution >= 0.6 is 0 Å². The zero-order valence-electron chi connectivity index (χ0n) is 8.99. The molecule has 0 saturated heterocycles. The van der Waals surface area contributed by atoms with Crippen molar-refractivity contribution in [3.63, 3.8) is 0 Å². The molecule has 0 saturated carbocycles. The Morgan fingerprint density at radius 2 is 1.80 bits per heavy atom. The second kappa shape index (κ2) is 4.68. The molecule has 0 N–H and O–H groups in total. The fraction of sp³-hybridized carbons (Fsp3) is 0.273. The van der Waals surface area contributed by atoms with Crippen molar-refractivity contribution in [2.24, 2.45) is 4.99 Å². The third-order valence-corrected chi connectivity index (χ3v) is 1.79. The molecule has 0 radical (unpaired) electrons. The highest BCUT2D eigenvalue weighted by molar-refractivity contribution is 6.04. The molecule has 0 heterocycles. The summed E-state index contributed by atoms with van der Waals surface area (Å²) in [6.45, 7) is 1.38. The van der Waals surface area contributed by atoms with Gasteiger partial charge in [-0.25, -0.2) is 4.39 Å². The molecule has 1 rings (SSSR count). The highest BCUT2D eigenvalue weighted by atomic mass is 19.1. The Bertz CT molecular complexity index is 382. The van der Waals surface area contributed by atoms with E-state index in [1.165, 1.54) is 19.1 Å². The highest BCUT2D eigenvalue weighted by Gasteiger charge is 2.06. The van der Waals surface area contributed by atoms with Gasteiger partial charge in [-0.15, -0.1) is 0 Å². The second-order valence-corrected chi connectivity index (χ2v) is 3.36. The molecular weight excluding hydrogens is 195 g/mol. The van der Waals surface area contributed by atoms with E-state index in [9.17, 15) is 9.18 Å². The van der Waals surface area contributed by atoms with Gasteiger partial charge >= 0.3 is 0 Å². The molecule has 0 spiro atoms. The van der Waals surface area contributed by atoms with Crippen molar-refractivity contribution in [3.8, 4) is 0 Å². The van der Waals surface area contributed by atoms with Gasteiger partial charge in [-0.1, -0.05) is 0 Å². The molecule has 0 aliphatic carbocycles. The molecule has 4 heteroatoms. The van der Waals surface area contributed by atoms with Crippen LogP contribution in [-0.2, 0) is 4.79 Å². The first-order valence-corrected chi connectivity index (χ1v) is 4.53. The fourth-order valence-corrected chi connectivity index (χ4v) is 1.17. The summed E-state index contributed by atoms with van der Waals surface area (Å²) in [5.41, 5.74) is 0.719. The van der Waals surface area contributed by atoms with Crippen LogP contribution in [0.1, 0.15) is 12.5 Å². The number of hydrogen-bond acceptors (Lipinski definition) is 1. The summed E-state index contributed by atoms with van der Waals surface area (Å²) in [7, 11) is 3.57. The number of rotatable bonds is 1. The van der Waals surface area contributed by atoms with Gasteiger partial charge in [-0.2, -0.15) is 4.99 Å². The van der Waals surface area contributed by atoms with Crippen molar-refractivity contribution in [2.45, 2.75) is 6.92 Å². The number of aliphatic imine (C=N–C) groups is 1. The number of amides is 1. The van der Waals surface area contributed by atoms with Crippen molar-refractivity contribution >= 4 is 11.7 Å². The summed E-state index contributed by atoms with van der Waals surface area (Å²) in [5, 5.41) is 0. The van der Waals surface area contributed by atoms with E-state index in [-0.39, 0.29) is 11.7 Å². The third-order valence-electron chi connectivity index (χ3n) is 1.79. The van der Waals surface area contributed by atoms with Crippen LogP contribution in [0, 0.1) is 5.82 Å². The van der Waals surface area contributed by atoms with E-state index in [0.29, 0.717) is 5.84 Å². The minimum absolute atomic E-state index is 0.275. The number of benzene rings is 1. The zero-order valence-corrected chi connectivity index (χ0v) is 8.99. The molecule has 0 aromatic heterocycles. The van der Waals surface area contributed by atoms with Crippen LogP contribution in [0.5, 0.6) is 0 Å². The van der Waals surface area contributed by atoms with Crippen molar-refractivity contribution in [1.29, 1.82) is 0 Å². The smallest absolute Gasteiger partial charge is 0.244 e. The molecule has 0 atom stereocenters. The van der Waals surface area contributed by atoms with Gasteiger partial charge in [0, 0.05) is 26.6 Å². The Kier molecular flexibility index (Phi) is 3.55. The molecule has 3 nitrogen and oxygen atoms in total. The summed E-state index contributed by atoms with van der Waals surface area (Å²) < 4.78 is 12.7. The average molecular weight is 208 g/mol. The van der Waals surface area contributed by atoms with E-state index in [1.807, 2.05) is 0 Å². The van der Waals surface area contributed by atoms with Gasteiger partial charge in [0.1, 0.15) is 11.7 Å². The van der Waals surface area contributed by atoms with Crippen molar-refractivity contribution < 1.29 is 9.18 Å². The maximum absolute atomic E-state index is 12.7. The Morgan fingerprint density at radius 1 is 1.27 bits per heavy atom. The molecule has 80 valence electrons. The number of nitrogens with zero attached hydrogens (tertiary/aromatic N) is 2. The van der Waals surface area contributed by atoms with E-state index < -0.39 is 0 Å². The van der Waals surface area contributed by atoms with E-state index in [4.69, 9.17) is 0 Å². The van der Waals surface area contributed by atoms with Crippen molar-refractivity contribution in [3.05, 3.63) is 35.6 Å². The van der Waals surface area contributed by atoms with E-state index in [2.05, 4.69) is 4.99 Å². The molecule has 15 heavy (non-hydrogen) atoms. The molecule has 0 unspecified atom stereocenters. The highest BCUT2D eigenvalue weighted by Crippen LogP contribution is 2.06. The lowest BCUT2D eigenvalue weighted by atomic mass is 10.2. The number of halogens is 1. The van der Waals surface area contributed by atoms with Crippen LogP contribution in [0.25, 0.3) is 0 Å². The second-order valence-electron chi connectivity index (χ2n) is 3.36. The van der Waals surface area contributed by atoms with Crippen LogP contribution < -0.4 is 0 Å². The van der Waals surface area contributed by atoms with E-state index in [0.717, 1.165) is 5.56 Å². The predicted octanol–water partition coefficient (Wildman–Crippen LogP) is 1.68. The van der Waals surface area contributed by atoms with Gasteiger partial charge in [-0.3, -0.25) is 4.79 Å². The standard InChI is InChI=1S/C11H13FN2O/c1-8(15)13-11(14(2)3)9-4-6-10(12)7-5-9/h4-7H,1-3H3. The van der Waals surface area contributed by atoms with Gasteiger partial charge < -0.3 is 4.90 Å². The Morgan fingerprint density at radius 3 is 2.20 bits per heavy atom. The number of hydrogen-bond donors (Lipinski definition) is 0. The lowest BCUT2D eigenvalue weighted by Gasteiger charge is -2.15. The van der Waals surface area contributed by atoms with Crippen LogP contribution in [-0.4, -0.2) is 30.7 Å². The molecule has 0 fully saturated rings.